The molecule has 0 bridgehead atoms. The Morgan fingerprint density at radius 3 is 1.22 bits per heavy atom. The van der Waals surface area contributed by atoms with E-state index in [1.165, 1.54) is 0 Å². The summed E-state index contributed by atoms with van der Waals surface area (Å²) >= 11 is 13.1. The van der Waals surface area contributed by atoms with Gasteiger partial charge in [-0.15, -0.1) is 0 Å². The zero-order valence-corrected chi connectivity index (χ0v) is 35.6. The van der Waals surface area contributed by atoms with Crippen molar-refractivity contribution in [3.05, 3.63) is 131 Å². The van der Waals surface area contributed by atoms with E-state index in [1.54, 1.807) is 0 Å². The number of hydrogen-bond donors (Lipinski definition) is 6. The Morgan fingerprint density at radius 1 is 0.453 bits per heavy atom. The third-order valence-corrected chi connectivity index (χ3v) is 12.7. The molecule has 324 valence electrons. The van der Waals surface area contributed by atoms with Crippen molar-refractivity contribution in [3.63, 3.8) is 0 Å². The van der Waals surface area contributed by atoms with E-state index in [1.807, 2.05) is 72.8 Å². The van der Waals surface area contributed by atoms with Crippen LogP contribution in [0.2, 0.25) is 10.0 Å². The van der Waals surface area contributed by atoms with Gasteiger partial charge in [0.15, 0.2) is 11.3 Å². The number of ether oxygens (including phenoxy) is 4. The number of anilines is 2. The minimum absolute atomic E-state index is 0.0989. The number of nitrogens with zero attached hydrogens (tertiary/aromatic N) is 4. The van der Waals surface area contributed by atoms with E-state index in [0.29, 0.717) is 57.8 Å². The Kier molecular flexibility index (Phi) is 11.0. The molecule has 4 fully saturated rings. The number of fused-ring (bicyclic) bond motifs is 4. The highest BCUT2D eigenvalue weighted by molar-refractivity contribution is 6.34. The van der Waals surface area contributed by atoms with Crippen molar-refractivity contribution in [2.24, 2.45) is 0 Å². The molecule has 4 saturated heterocycles. The van der Waals surface area contributed by atoms with Gasteiger partial charge in [0.1, 0.15) is 36.6 Å². The Labute approximate surface area is 376 Å². The fourth-order valence-electron chi connectivity index (χ4n) is 8.84. The maximum Gasteiger partial charge on any atom is 0.203 e. The van der Waals surface area contributed by atoms with Gasteiger partial charge in [-0.1, -0.05) is 132 Å². The smallest absolute Gasteiger partial charge is 0.203 e. The van der Waals surface area contributed by atoms with Gasteiger partial charge in [-0.05, 0) is 34.4 Å². The first-order chi connectivity index (χ1) is 31.3. The fraction of sp³-hybridized carbons (Fsp3) is 0.250. The second kappa shape index (κ2) is 17.2. The maximum atomic E-state index is 9.92. The first kappa shape index (κ1) is 40.8. The lowest BCUT2D eigenvalue weighted by atomic mass is 10.0. The third kappa shape index (κ3) is 7.97. The van der Waals surface area contributed by atoms with Crippen LogP contribution in [0.25, 0.3) is 67.1 Å². The van der Waals surface area contributed by atoms with Crippen LogP contribution in [0, 0.1) is 0 Å². The van der Waals surface area contributed by atoms with Gasteiger partial charge in [0.2, 0.25) is 11.9 Å². The zero-order chi connectivity index (χ0) is 43.3. The van der Waals surface area contributed by atoms with Crippen LogP contribution in [0.15, 0.2) is 121 Å². The lowest BCUT2D eigenvalue weighted by Crippen LogP contribution is -2.36. The van der Waals surface area contributed by atoms with Gasteiger partial charge in [0, 0.05) is 11.1 Å². The number of aromatic nitrogens is 6. The van der Waals surface area contributed by atoms with Gasteiger partial charge in [-0.2, -0.15) is 9.97 Å². The average Bonchev–Trinajstić information content (AvgIpc) is 4.20. The summed E-state index contributed by atoms with van der Waals surface area (Å²) < 4.78 is 22.7. The number of nitrogens with one attached hydrogen (secondary N) is 4. The summed E-state index contributed by atoms with van der Waals surface area (Å²) in [6.45, 7) is 1.46. The minimum Gasteiger partial charge on any atom is -0.388 e. The number of hydrogen-bond acceptors (Lipinski definition) is 12. The monoisotopic (exact) mass is 896 g/mol. The van der Waals surface area contributed by atoms with Crippen LogP contribution in [0.3, 0.4) is 0 Å². The summed E-state index contributed by atoms with van der Waals surface area (Å²) in [7, 11) is 0. The molecule has 0 saturated carbocycles. The van der Waals surface area contributed by atoms with E-state index in [9.17, 15) is 10.2 Å². The zero-order valence-electron chi connectivity index (χ0n) is 34.1. The van der Waals surface area contributed by atoms with Crippen molar-refractivity contribution in [1.29, 1.82) is 0 Å². The molecule has 0 radical (unpaired) electrons. The molecular weight excluding hydrogens is 855 g/mol. The van der Waals surface area contributed by atoms with Gasteiger partial charge in [0.25, 0.3) is 0 Å². The van der Waals surface area contributed by atoms with E-state index in [-0.39, 0.29) is 49.7 Å². The van der Waals surface area contributed by atoms with E-state index >= 15 is 0 Å². The van der Waals surface area contributed by atoms with Crippen LogP contribution in [-0.2, 0) is 18.9 Å². The molecule has 8 aromatic rings. The minimum atomic E-state index is -0.584. The normalized spacial score (nSPS) is 24.7. The van der Waals surface area contributed by atoms with E-state index in [0.717, 1.165) is 44.4 Å². The quantitative estimate of drug-likeness (QED) is 0.0873. The summed E-state index contributed by atoms with van der Waals surface area (Å²) in [5, 5.41) is 27.6. The Hall–Kier alpha value is -5.94. The standard InChI is InChI=1S/2C24H21ClN4O3/c2*25-16-10-17-23(29-24(26-17)27-18-11-31-22-19(30)12-32-21(18)22)28-20(16)15-8-6-14(7-9-15)13-4-2-1-3-5-13/h2*1-10,18-19,21-22,30H,11-12H2,(H2,26,27,28,29)/t2*18?,19-,21-,22-/m11/s1. The van der Waals surface area contributed by atoms with Gasteiger partial charge in [-0.3, -0.25) is 0 Å². The number of aromatic amines is 2. The molecule has 12 rings (SSSR count). The molecule has 64 heavy (non-hydrogen) atoms. The van der Waals surface area contributed by atoms with Crippen LogP contribution in [0.1, 0.15) is 0 Å². The molecule has 0 spiro atoms. The van der Waals surface area contributed by atoms with E-state index in [2.05, 4.69) is 79.1 Å². The number of imidazole rings is 2. The van der Waals surface area contributed by atoms with Gasteiger partial charge < -0.3 is 49.8 Å². The van der Waals surface area contributed by atoms with Gasteiger partial charge in [-0.25, -0.2) is 9.97 Å². The highest BCUT2D eigenvalue weighted by Crippen LogP contribution is 2.35. The average molecular weight is 898 g/mol. The first-order valence-corrected chi connectivity index (χ1v) is 21.9. The number of aliphatic hydroxyl groups excluding tert-OH is 2. The topological polar surface area (TPSA) is 185 Å². The summed E-state index contributed by atoms with van der Waals surface area (Å²) in [5.74, 6) is 1.14. The first-order valence-electron chi connectivity index (χ1n) is 21.1. The van der Waals surface area contributed by atoms with Crippen LogP contribution < -0.4 is 10.6 Å². The van der Waals surface area contributed by atoms with Crippen LogP contribution in [-0.4, -0.2) is 115 Å². The lowest BCUT2D eigenvalue weighted by Gasteiger charge is -2.16. The largest absolute Gasteiger partial charge is 0.388 e. The highest BCUT2D eigenvalue weighted by Gasteiger charge is 2.48. The Morgan fingerprint density at radius 2 is 0.812 bits per heavy atom. The SMILES string of the molecule is O[C@@H]1CO[C@@H]2C(Nc3nc4nc(-c5ccc(-c6ccccc6)cc5)c(Cl)cc4[nH]3)CO[C@H]12.O[C@@H]1CO[C@@H]2C(Nc3nc4nc(-c5ccc(-c6ccccc6)cc5)c(Cl)cc4[nH]3)CO[C@H]12. The number of pyridine rings is 2. The van der Waals surface area contributed by atoms with Gasteiger partial charge in [0.05, 0.1) is 71.0 Å². The molecule has 2 unspecified atom stereocenters. The van der Waals surface area contributed by atoms with E-state index < -0.39 is 12.2 Å². The summed E-state index contributed by atoms with van der Waals surface area (Å²) in [6, 6.07) is 40.3. The Balaban J connectivity index is 0.000000143. The van der Waals surface area contributed by atoms with Crippen molar-refractivity contribution < 1.29 is 29.2 Å². The molecule has 8 heterocycles. The molecule has 16 heteroatoms. The number of rotatable bonds is 8. The maximum absolute atomic E-state index is 9.92. The molecule has 4 aromatic carbocycles. The molecule has 8 atom stereocenters. The summed E-state index contributed by atoms with van der Waals surface area (Å²) in [6.07, 6.45) is -2.16. The van der Waals surface area contributed by atoms with Crippen molar-refractivity contribution in [1.82, 2.24) is 29.9 Å². The highest BCUT2D eigenvalue weighted by atomic mass is 35.5. The predicted molar refractivity (Wildman–Crippen MR) is 245 cm³/mol. The van der Waals surface area contributed by atoms with E-state index in [4.69, 9.17) is 52.1 Å². The molecule has 4 aromatic heterocycles. The molecule has 4 aliphatic rings. The van der Waals surface area contributed by atoms with Crippen molar-refractivity contribution in [3.8, 4) is 44.8 Å². The van der Waals surface area contributed by atoms with Crippen molar-refractivity contribution >= 4 is 57.4 Å². The number of benzene rings is 4. The number of aliphatic hydroxyl groups is 2. The summed E-state index contributed by atoms with van der Waals surface area (Å²) in [4.78, 5) is 25.0. The van der Waals surface area contributed by atoms with Crippen LogP contribution in [0.4, 0.5) is 11.9 Å². The summed E-state index contributed by atoms with van der Waals surface area (Å²) in [5.41, 5.74) is 10.4. The molecule has 4 aliphatic heterocycles. The molecule has 0 aliphatic carbocycles. The molecule has 14 nitrogen and oxygen atoms in total. The van der Waals surface area contributed by atoms with Crippen LogP contribution >= 0.6 is 23.2 Å². The lowest BCUT2D eigenvalue weighted by molar-refractivity contribution is 0.0184. The predicted octanol–water partition coefficient (Wildman–Crippen LogP) is 7.77. The fourth-order valence-corrected chi connectivity index (χ4v) is 9.36. The molecule has 0 amide bonds. The second-order valence-corrected chi connectivity index (χ2v) is 17.1. The van der Waals surface area contributed by atoms with Crippen LogP contribution in [0.5, 0.6) is 0 Å². The third-order valence-electron chi connectivity index (χ3n) is 12.1. The number of H-pyrrole nitrogens is 2. The Bertz CT molecular complexity index is 2720. The van der Waals surface area contributed by atoms with Gasteiger partial charge >= 0.3 is 0 Å². The molecule has 6 N–H and O–H groups in total. The van der Waals surface area contributed by atoms with Crippen molar-refractivity contribution in [2.45, 2.75) is 48.7 Å². The second-order valence-electron chi connectivity index (χ2n) is 16.3. The molecular formula is C48H42Cl2N8O6. The number of halogens is 2. The van der Waals surface area contributed by atoms with Crippen molar-refractivity contribution in [2.75, 3.05) is 37.1 Å².